The summed E-state index contributed by atoms with van der Waals surface area (Å²) in [5.74, 6) is 0.675. The predicted molar refractivity (Wildman–Crippen MR) is 70.0 cm³/mol. The Morgan fingerprint density at radius 2 is 2.35 bits per heavy atom. The van der Waals surface area contributed by atoms with Gasteiger partial charge in [0.05, 0.1) is 17.7 Å². The van der Waals surface area contributed by atoms with E-state index in [2.05, 4.69) is 35.3 Å². The molecule has 0 unspecified atom stereocenters. The van der Waals surface area contributed by atoms with E-state index in [0.29, 0.717) is 5.92 Å². The molecule has 4 nitrogen and oxygen atoms in total. The zero-order valence-electron chi connectivity index (χ0n) is 10.3. The summed E-state index contributed by atoms with van der Waals surface area (Å²) in [5.41, 5.74) is 2.94. The van der Waals surface area contributed by atoms with Gasteiger partial charge in [-0.3, -0.25) is 9.67 Å². The van der Waals surface area contributed by atoms with E-state index in [0.717, 1.165) is 25.3 Å². The van der Waals surface area contributed by atoms with Crippen molar-refractivity contribution in [2.75, 3.05) is 6.54 Å². The van der Waals surface area contributed by atoms with Gasteiger partial charge < -0.3 is 5.32 Å². The lowest BCUT2D eigenvalue weighted by Gasteiger charge is -2.04. The molecule has 2 aromatic rings. The van der Waals surface area contributed by atoms with Crippen LogP contribution in [0.25, 0.3) is 0 Å². The maximum absolute atomic E-state index is 4.52. The Bertz CT molecular complexity index is 433. The van der Waals surface area contributed by atoms with Gasteiger partial charge in [-0.25, -0.2) is 0 Å². The highest BCUT2D eigenvalue weighted by Gasteiger charge is 2.01. The lowest BCUT2D eigenvalue weighted by Crippen LogP contribution is -2.19. The van der Waals surface area contributed by atoms with Gasteiger partial charge in [0.1, 0.15) is 0 Å². The van der Waals surface area contributed by atoms with E-state index < -0.39 is 0 Å². The van der Waals surface area contributed by atoms with Crippen molar-refractivity contribution in [1.82, 2.24) is 20.1 Å². The second-order valence-corrected chi connectivity index (χ2v) is 5.47. The summed E-state index contributed by atoms with van der Waals surface area (Å²) in [6.07, 6.45) is 3.91. The number of thiazole rings is 1. The molecule has 0 fully saturated rings. The highest BCUT2D eigenvalue weighted by Crippen LogP contribution is 2.07. The Kier molecular flexibility index (Phi) is 4.28. The van der Waals surface area contributed by atoms with Crippen molar-refractivity contribution >= 4 is 11.3 Å². The van der Waals surface area contributed by atoms with Gasteiger partial charge in [0.15, 0.2) is 0 Å². The molecule has 2 rings (SSSR count). The van der Waals surface area contributed by atoms with Gasteiger partial charge >= 0.3 is 0 Å². The smallest absolute Gasteiger partial charge is 0.0794 e. The normalized spacial score (nSPS) is 11.2. The molecule has 5 heteroatoms. The quantitative estimate of drug-likeness (QED) is 0.854. The van der Waals surface area contributed by atoms with Gasteiger partial charge in [0.2, 0.25) is 0 Å². The summed E-state index contributed by atoms with van der Waals surface area (Å²) >= 11 is 1.66. The number of hydrogen-bond acceptors (Lipinski definition) is 4. The maximum atomic E-state index is 4.52. The van der Waals surface area contributed by atoms with Crippen molar-refractivity contribution in [1.29, 1.82) is 0 Å². The van der Waals surface area contributed by atoms with Gasteiger partial charge in [-0.05, 0) is 18.5 Å². The molecule has 0 bridgehead atoms. The summed E-state index contributed by atoms with van der Waals surface area (Å²) in [4.78, 5) is 5.29. The van der Waals surface area contributed by atoms with E-state index in [-0.39, 0.29) is 0 Å². The van der Waals surface area contributed by atoms with Gasteiger partial charge in [0, 0.05) is 23.8 Å². The first-order valence-electron chi connectivity index (χ1n) is 5.84. The van der Waals surface area contributed by atoms with Gasteiger partial charge in [0.25, 0.3) is 0 Å². The van der Waals surface area contributed by atoms with E-state index in [1.165, 1.54) is 4.88 Å². The van der Waals surface area contributed by atoms with E-state index in [1.807, 2.05) is 22.6 Å². The largest absolute Gasteiger partial charge is 0.311 e. The molecule has 0 aliphatic rings. The Balaban J connectivity index is 1.83. The second kappa shape index (κ2) is 5.93. The molecule has 0 saturated heterocycles. The third kappa shape index (κ3) is 3.94. The average Bonchev–Trinajstić information content (AvgIpc) is 2.90. The minimum atomic E-state index is 0.675. The van der Waals surface area contributed by atoms with Crippen LogP contribution in [0.3, 0.4) is 0 Å². The van der Waals surface area contributed by atoms with Crippen molar-refractivity contribution in [2.45, 2.75) is 26.9 Å². The molecule has 2 aromatic heterocycles. The molecule has 2 heterocycles. The molecular weight excluding hydrogens is 232 g/mol. The summed E-state index contributed by atoms with van der Waals surface area (Å²) in [6, 6.07) is 2.06. The van der Waals surface area contributed by atoms with Crippen LogP contribution in [-0.2, 0) is 13.1 Å². The minimum Gasteiger partial charge on any atom is -0.311 e. The summed E-state index contributed by atoms with van der Waals surface area (Å²) in [7, 11) is 0. The van der Waals surface area contributed by atoms with Crippen molar-refractivity contribution in [3.8, 4) is 0 Å². The van der Waals surface area contributed by atoms with Crippen molar-refractivity contribution in [3.63, 3.8) is 0 Å². The fraction of sp³-hybridized carbons (Fsp3) is 0.500. The van der Waals surface area contributed by atoms with Crippen molar-refractivity contribution in [2.24, 2.45) is 5.92 Å². The third-order valence-electron chi connectivity index (χ3n) is 2.36. The van der Waals surface area contributed by atoms with Gasteiger partial charge in [-0.15, -0.1) is 11.3 Å². The number of rotatable bonds is 6. The Hall–Kier alpha value is -1.20. The molecule has 0 amide bonds. The number of hydrogen-bond donors (Lipinski definition) is 1. The Morgan fingerprint density at radius 1 is 1.47 bits per heavy atom. The average molecular weight is 250 g/mol. The zero-order valence-corrected chi connectivity index (χ0v) is 11.1. The van der Waals surface area contributed by atoms with E-state index in [4.69, 9.17) is 0 Å². The highest BCUT2D eigenvalue weighted by molar-refractivity contribution is 7.09. The molecule has 0 aliphatic carbocycles. The SMILES string of the molecule is CC(C)CNCc1ccn(Cc2cncs2)n1. The first-order chi connectivity index (χ1) is 8.24. The number of nitrogens with zero attached hydrogens (tertiary/aromatic N) is 3. The lowest BCUT2D eigenvalue weighted by molar-refractivity contribution is 0.543. The van der Waals surface area contributed by atoms with E-state index in [1.54, 1.807) is 11.3 Å². The molecule has 0 saturated carbocycles. The molecule has 0 radical (unpaired) electrons. The lowest BCUT2D eigenvalue weighted by atomic mass is 10.2. The molecular formula is C12H18N4S. The Labute approximate surface area is 106 Å². The van der Waals surface area contributed by atoms with Crippen LogP contribution in [0.4, 0.5) is 0 Å². The van der Waals surface area contributed by atoms with Crippen LogP contribution in [0.15, 0.2) is 24.0 Å². The van der Waals surface area contributed by atoms with Crippen LogP contribution in [0.2, 0.25) is 0 Å². The number of nitrogens with one attached hydrogen (secondary N) is 1. The molecule has 0 spiro atoms. The van der Waals surface area contributed by atoms with Gasteiger partial charge in [-0.2, -0.15) is 5.10 Å². The van der Waals surface area contributed by atoms with Crippen LogP contribution in [0.1, 0.15) is 24.4 Å². The zero-order chi connectivity index (χ0) is 12.1. The number of aromatic nitrogens is 3. The monoisotopic (exact) mass is 250 g/mol. The highest BCUT2D eigenvalue weighted by atomic mass is 32.1. The molecule has 17 heavy (non-hydrogen) atoms. The fourth-order valence-electron chi connectivity index (χ4n) is 1.55. The molecule has 92 valence electrons. The summed E-state index contributed by atoms with van der Waals surface area (Å²) in [6.45, 7) is 7.09. The molecule has 0 atom stereocenters. The first kappa shape index (κ1) is 12.3. The summed E-state index contributed by atoms with van der Waals surface area (Å²) < 4.78 is 1.96. The minimum absolute atomic E-state index is 0.675. The molecule has 0 aromatic carbocycles. The van der Waals surface area contributed by atoms with Crippen LogP contribution < -0.4 is 5.32 Å². The van der Waals surface area contributed by atoms with Gasteiger partial charge in [-0.1, -0.05) is 13.8 Å². The predicted octanol–water partition coefficient (Wildman–Crippen LogP) is 2.13. The Morgan fingerprint density at radius 3 is 3.06 bits per heavy atom. The van der Waals surface area contributed by atoms with Crippen LogP contribution in [0.5, 0.6) is 0 Å². The van der Waals surface area contributed by atoms with E-state index >= 15 is 0 Å². The maximum Gasteiger partial charge on any atom is 0.0794 e. The second-order valence-electron chi connectivity index (χ2n) is 4.50. The first-order valence-corrected chi connectivity index (χ1v) is 6.72. The summed E-state index contributed by atoms with van der Waals surface area (Å²) in [5, 5.41) is 7.90. The van der Waals surface area contributed by atoms with Crippen LogP contribution in [-0.4, -0.2) is 21.3 Å². The fourth-order valence-corrected chi connectivity index (χ4v) is 2.14. The van der Waals surface area contributed by atoms with Crippen molar-refractivity contribution in [3.05, 3.63) is 34.5 Å². The van der Waals surface area contributed by atoms with Crippen LogP contribution >= 0.6 is 11.3 Å². The van der Waals surface area contributed by atoms with Crippen molar-refractivity contribution < 1.29 is 0 Å². The standard InChI is InChI=1S/C12H18N4S/c1-10(2)5-13-6-11-3-4-16(15-11)8-12-7-14-9-17-12/h3-4,7,9-10,13H,5-6,8H2,1-2H3. The molecule has 0 aliphatic heterocycles. The topological polar surface area (TPSA) is 42.7 Å². The molecule has 1 N–H and O–H groups in total. The van der Waals surface area contributed by atoms with E-state index in [9.17, 15) is 0 Å². The van der Waals surface area contributed by atoms with Crippen LogP contribution in [0, 0.1) is 5.92 Å². The third-order valence-corrected chi connectivity index (χ3v) is 3.12.